The number of rotatable bonds is 6. The van der Waals surface area contributed by atoms with Gasteiger partial charge in [0.2, 0.25) is 0 Å². The van der Waals surface area contributed by atoms with E-state index in [9.17, 15) is 9.59 Å². The average molecular weight is 461 g/mol. The zero-order valence-electron chi connectivity index (χ0n) is 18.8. The van der Waals surface area contributed by atoms with Gasteiger partial charge in [-0.1, -0.05) is 49.7 Å². The van der Waals surface area contributed by atoms with E-state index in [1.807, 2.05) is 55.7 Å². The molecule has 0 unspecified atom stereocenters. The first kappa shape index (κ1) is 22.6. The maximum Gasteiger partial charge on any atom is 0.261 e. The number of aryl methyl sites for hydroxylation is 3. The molecule has 168 valence electrons. The van der Waals surface area contributed by atoms with Crippen molar-refractivity contribution in [1.29, 1.82) is 0 Å². The SMILES string of the molecule is CCc1cccc(CC)c1NC(=O)c1c(-c2ccco2)n(-c2cccc(Cl)c2)c(C)cc1=O. The quantitative estimate of drug-likeness (QED) is 0.360. The molecule has 2 heterocycles. The molecule has 0 aliphatic rings. The van der Waals surface area contributed by atoms with E-state index in [0.29, 0.717) is 22.2 Å². The molecule has 0 aliphatic carbocycles. The monoisotopic (exact) mass is 460 g/mol. The molecule has 0 radical (unpaired) electrons. The lowest BCUT2D eigenvalue weighted by atomic mass is 10.0. The number of pyridine rings is 1. The average Bonchev–Trinajstić information content (AvgIpc) is 3.33. The molecule has 0 atom stereocenters. The number of nitrogens with one attached hydrogen (secondary N) is 1. The molecule has 2 aromatic heterocycles. The highest BCUT2D eigenvalue weighted by atomic mass is 35.5. The Morgan fingerprint density at radius 3 is 2.30 bits per heavy atom. The van der Waals surface area contributed by atoms with Crippen LogP contribution < -0.4 is 10.7 Å². The summed E-state index contributed by atoms with van der Waals surface area (Å²) in [5, 5.41) is 3.58. The smallest absolute Gasteiger partial charge is 0.261 e. The van der Waals surface area contributed by atoms with Gasteiger partial charge in [-0.05, 0) is 61.2 Å². The lowest BCUT2D eigenvalue weighted by Crippen LogP contribution is -2.27. The molecule has 33 heavy (non-hydrogen) atoms. The molecule has 5 nitrogen and oxygen atoms in total. The molecule has 0 spiro atoms. The van der Waals surface area contributed by atoms with E-state index in [0.717, 1.165) is 35.3 Å². The second kappa shape index (κ2) is 9.51. The van der Waals surface area contributed by atoms with Gasteiger partial charge in [0.25, 0.3) is 5.91 Å². The Hall–Kier alpha value is -3.57. The Morgan fingerprint density at radius 2 is 1.70 bits per heavy atom. The summed E-state index contributed by atoms with van der Waals surface area (Å²) in [5.41, 5.74) is 4.21. The van der Waals surface area contributed by atoms with Crippen molar-refractivity contribution >= 4 is 23.2 Å². The van der Waals surface area contributed by atoms with Crippen LogP contribution in [-0.2, 0) is 12.8 Å². The number of para-hydroxylation sites is 1. The summed E-state index contributed by atoms with van der Waals surface area (Å²) in [6.45, 7) is 5.89. The number of halogens is 1. The second-order valence-electron chi connectivity index (χ2n) is 7.78. The van der Waals surface area contributed by atoms with Crippen LogP contribution in [0.4, 0.5) is 5.69 Å². The molecular formula is C27H25ClN2O3. The molecule has 0 saturated carbocycles. The van der Waals surface area contributed by atoms with Crippen LogP contribution in [0.5, 0.6) is 0 Å². The Balaban J connectivity index is 1.96. The minimum absolute atomic E-state index is 0.0171. The summed E-state index contributed by atoms with van der Waals surface area (Å²) in [4.78, 5) is 26.9. The van der Waals surface area contributed by atoms with Crippen molar-refractivity contribution in [2.24, 2.45) is 0 Å². The number of benzene rings is 2. The Kier molecular flexibility index (Phi) is 6.52. The Bertz CT molecular complexity index is 1350. The van der Waals surface area contributed by atoms with Crippen LogP contribution in [0.1, 0.15) is 41.0 Å². The molecule has 4 aromatic rings. The highest BCUT2D eigenvalue weighted by Crippen LogP contribution is 2.30. The van der Waals surface area contributed by atoms with Crippen molar-refractivity contribution in [3.05, 3.63) is 105 Å². The fourth-order valence-electron chi connectivity index (χ4n) is 4.12. The first-order valence-corrected chi connectivity index (χ1v) is 11.3. The third kappa shape index (κ3) is 4.37. The third-order valence-corrected chi connectivity index (χ3v) is 5.92. The highest BCUT2D eigenvalue weighted by Gasteiger charge is 2.25. The topological polar surface area (TPSA) is 64.2 Å². The van der Waals surface area contributed by atoms with E-state index < -0.39 is 5.91 Å². The molecule has 1 amide bonds. The maximum absolute atomic E-state index is 13.7. The van der Waals surface area contributed by atoms with Gasteiger partial charge in [0.1, 0.15) is 11.3 Å². The lowest BCUT2D eigenvalue weighted by molar-refractivity contribution is 0.102. The molecule has 0 bridgehead atoms. The van der Waals surface area contributed by atoms with Crippen LogP contribution >= 0.6 is 11.6 Å². The first-order valence-electron chi connectivity index (χ1n) is 10.9. The van der Waals surface area contributed by atoms with E-state index in [1.165, 1.54) is 12.3 Å². The summed E-state index contributed by atoms with van der Waals surface area (Å²) >= 11 is 6.25. The summed E-state index contributed by atoms with van der Waals surface area (Å²) in [7, 11) is 0. The van der Waals surface area contributed by atoms with Gasteiger partial charge in [-0.25, -0.2) is 0 Å². The number of aromatic nitrogens is 1. The van der Waals surface area contributed by atoms with Crippen LogP contribution in [-0.4, -0.2) is 10.5 Å². The van der Waals surface area contributed by atoms with Crippen molar-refractivity contribution in [1.82, 2.24) is 4.57 Å². The number of nitrogens with zero attached hydrogens (tertiary/aromatic N) is 1. The van der Waals surface area contributed by atoms with Crippen LogP contribution in [0.15, 0.2) is 76.1 Å². The van der Waals surface area contributed by atoms with Crippen molar-refractivity contribution in [2.45, 2.75) is 33.6 Å². The normalized spacial score (nSPS) is 10.9. The predicted octanol–water partition coefficient (Wildman–Crippen LogP) is 6.44. The van der Waals surface area contributed by atoms with Gasteiger partial charge in [-0.2, -0.15) is 0 Å². The van der Waals surface area contributed by atoms with Gasteiger partial charge in [0.05, 0.1) is 6.26 Å². The van der Waals surface area contributed by atoms with Crippen molar-refractivity contribution in [3.63, 3.8) is 0 Å². The third-order valence-electron chi connectivity index (χ3n) is 5.68. The van der Waals surface area contributed by atoms with Crippen LogP contribution in [0.3, 0.4) is 0 Å². The highest BCUT2D eigenvalue weighted by molar-refractivity contribution is 6.30. The van der Waals surface area contributed by atoms with E-state index in [-0.39, 0.29) is 11.0 Å². The van der Waals surface area contributed by atoms with Gasteiger partial charge in [-0.3, -0.25) is 9.59 Å². The number of furan rings is 1. The van der Waals surface area contributed by atoms with Crippen molar-refractivity contribution in [2.75, 3.05) is 5.32 Å². The van der Waals surface area contributed by atoms with E-state index >= 15 is 0 Å². The molecule has 6 heteroatoms. The molecule has 0 saturated heterocycles. The summed E-state index contributed by atoms with van der Waals surface area (Å²) in [6.07, 6.45) is 3.04. The van der Waals surface area contributed by atoms with Gasteiger partial charge in [0.15, 0.2) is 11.2 Å². The number of hydrogen-bond donors (Lipinski definition) is 1. The molecule has 0 aliphatic heterocycles. The molecule has 0 fully saturated rings. The van der Waals surface area contributed by atoms with Crippen LogP contribution in [0.25, 0.3) is 17.1 Å². The first-order chi connectivity index (χ1) is 15.9. The molecular weight excluding hydrogens is 436 g/mol. The summed E-state index contributed by atoms with van der Waals surface area (Å²) < 4.78 is 7.51. The lowest BCUT2D eigenvalue weighted by Gasteiger charge is -2.20. The standard InChI is InChI=1S/C27H25ClN2O3/c1-4-18-9-6-10-19(5-2)25(18)29-27(32)24-22(31)15-17(3)30(21-12-7-11-20(28)16-21)26(24)23-13-8-14-33-23/h6-16H,4-5H2,1-3H3,(H,29,32). The fraction of sp³-hybridized carbons (Fsp3) is 0.185. The largest absolute Gasteiger partial charge is 0.463 e. The minimum atomic E-state index is -0.474. The molecule has 4 rings (SSSR count). The van der Waals surface area contributed by atoms with Crippen molar-refractivity contribution in [3.8, 4) is 17.1 Å². The van der Waals surface area contributed by atoms with E-state index in [1.54, 1.807) is 24.3 Å². The van der Waals surface area contributed by atoms with Gasteiger partial charge in [-0.15, -0.1) is 0 Å². The van der Waals surface area contributed by atoms with Gasteiger partial charge in [0, 0.05) is 28.2 Å². The maximum atomic E-state index is 13.7. The zero-order valence-corrected chi connectivity index (χ0v) is 19.6. The number of carbonyl (C=O) groups is 1. The zero-order chi connectivity index (χ0) is 23.5. The minimum Gasteiger partial charge on any atom is -0.463 e. The van der Waals surface area contributed by atoms with E-state index in [2.05, 4.69) is 5.32 Å². The Morgan fingerprint density at radius 1 is 1.00 bits per heavy atom. The second-order valence-corrected chi connectivity index (χ2v) is 8.22. The predicted molar refractivity (Wildman–Crippen MR) is 133 cm³/mol. The summed E-state index contributed by atoms with van der Waals surface area (Å²) in [6, 6.07) is 18.2. The number of amides is 1. The van der Waals surface area contributed by atoms with E-state index in [4.69, 9.17) is 16.0 Å². The van der Waals surface area contributed by atoms with Gasteiger partial charge >= 0.3 is 0 Å². The van der Waals surface area contributed by atoms with Crippen LogP contribution in [0, 0.1) is 6.92 Å². The van der Waals surface area contributed by atoms with Crippen LogP contribution in [0.2, 0.25) is 5.02 Å². The Labute approximate surface area is 197 Å². The fourth-order valence-corrected chi connectivity index (χ4v) is 4.31. The summed E-state index contributed by atoms with van der Waals surface area (Å²) in [5.74, 6) is -0.0572. The molecule has 2 aromatic carbocycles. The van der Waals surface area contributed by atoms with Gasteiger partial charge < -0.3 is 14.3 Å². The molecule has 1 N–H and O–H groups in total. The number of carbonyl (C=O) groups excluding carboxylic acids is 1. The van der Waals surface area contributed by atoms with Crippen molar-refractivity contribution < 1.29 is 9.21 Å². The number of anilines is 1. The number of hydrogen-bond acceptors (Lipinski definition) is 3.